The highest BCUT2D eigenvalue weighted by molar-refractivity contribution is 5.85. The second kappa shape index (κ2) is 7.75. The van der Waals surface area contributed by atoms with Gasteiger partial charge < -0.3 is 14.8 Å². The van der Waals surface area contributed by atoms with Crippen LogP contribution in [0.4, 0.5) is 0 Å². The highest BCUT2D eigenvalue weighted by atomic mass is 35.5. The fourth-order valence-corrected chi connectivity index (χ4v) is 3.82. The van der Waals surface area contributed by atoms with Gasteiger partial charge in [0.05, 0.1) is 7.11 Å². The molecule has 128 valence electrons. The molecule has 0 amide bonds. The Bertz CT molecular complexity index is 580. The zero-order valence-corrected chi connectivity index (χ0v) is 14.9. The topological polar surface area (TPSA) is 33.7 Å². The Kier molecular flexibility index (Phi) is 6.20. The molecule has 4 nitrogen and oxygen atoms in total. The highest BCUT2D eigenvalue weighted by Gasteiger charge is 2.37. The van der Waals surface area contributed by atoms with Crippen LogP contribution in [0, 0.1) is 5.92 Å². The van der Waals surface area contributed by atoms with Crippen LogP contribution in [0.3, 0.4) is 0 Å². The Morgan fingerprint density at radius 1 is 1.30 bits per heavy atom. The predicted octanol–water partition coefficient (Wildman–Crippen LogP) is 2.61. The molecule has 1 aromatic rings. The summed E-state index contributed by atoms with van der Waals surface area (Å²) in [6.45, 7) is 5.29. The summed E-state index contributed by atoms with van der Waals surface area (Å²) in [6, 6.07) is 6.72. The monoisotopic (exact) mass is 358 g/mol. The van der Waals surface area contributed by atoms with E-state index < -0.39 is 0 Å². The molecule has 6 heteroatoms. The molecule has 2 fully saturated rings. The Labute approximate surface area is 150 Å². The SMILES string of the molecule is COc1ccc2c(c1)C=C(CN1CC[C@H]3CNC[C@H]31)CO2.Cl.Cl. The van der Waals surface area contributed by atoms with E-state index in [1.807, 2.05) is 12.1 Å². The lowest BCUT2D eigenvalue weighted by Crippen LogP contribution is -2.36. The van der Waals surface area contributed by atoms with Gasteiger partial charge in [-0.25, -0.2) is 0 Å². The third-order valence-corrected chi connectivity index (χ3v) is 4.96. The van der Waals surface area contributed by atoms with E-state index in [1.165, 1.54) is 25.1 Å². The van der Waals surface area contributed by atoms with Crippen LogP contribution in [0.15, 0.2) is 23.8 Å². The molecule has 0 spiro atoms. The second-order valence-electron chi connectivity index (χ2n) is 6.24. The van der Waals surface area contributed by atoms with E-state index in [9.17, 15) is 0 Å². The summed E-state index contributed by atoms with van der Waals surface area (Å²) >= 11 is 0. The molecule has 3 aliphatic rings. The third-order valence-electron chi connectivity index (χ3n) is 4.96. The van der Waals surface area contributed by atoms with Gasteiger partial charge in [0.1, 0.15) is 18.1 Å². The minimum absolute atomic E-state index is 0. The van der Waals surface area contributed by atoms with Crippen molar-refractivity contribution in [2.24, 2.45) is 5.92 Å². The molecule has 1 N–H and O–H groups in total. The van der Waals surface area contributed by atoms with Crippen molar-refractivity contribution < 1.29 is 9.47 Å². The second-order valence-corrected chi connectivity index (χ2v) is 6.24. The molecule has 0 aromatic heterocycles. The van der Waals surface area contributed by atoms with Gasteiger partial charge in [0.15, 0.2) is 0 Å². The number of halogens is 2. The smallest absolute Gasteiger partial charge is 0.127 e. The van der Waals surface area contributed by atoms with Crippen molar-refractivity contribution in [3.63, 3.8) is 0 Å². The lowest BCUT2D eigenvalue weighted by atomic mass is 10.0. The Morgan fingerprint density at radius 3 is 3.00 bits per heavy atom. The van der Waals surface area contributed by atoms with Crippen molar-refractivity contribution in [2.75, 3.05) is 39.9 Å². The first-order chi connectivity index (χ1) is 10.3. The first kappa shape index (κ1) is 18.4. The number of methoxy groups -OCH3 is 1. The van der Waals surface area contributed by atoms with Crippen LogP contribution >= 0.6 is 24.8 Å². The number of likely N-dealkylation sites (tertiary alicyclic amines) is 1. The van der Waals surface area contributed by atoms with Crippen molar-refractivity contribution in [3.05, 3.63) is 29.3 Å². The van der Waals surface area contributed by atoms with Crippen molar-refractivity contribution >= 4 is 30.9 Å². The van der Waals surface area contributed by atoms with Gasteiger partial charge >= 0.3 is 0 Å². The molecular formula is C17H24Cl2N2O2. The lowest BCUT2D eigenvalue weighted by Gasteiger charge is -2.26. The van der Waals surface area contributed by atoms with Gasteiger partial charge in [0, 0.05) is 24.7 Å². The van der Waals surface area contributed by atoms with Crippen LogP contribution in [-0.4, -0.2) is 50.8 Å². The molecule has 2 atom stereocenters. The van der Waals surface area contributed by atoms with E-state index in [4.69, 9.17) is 9.47 Å². The van der Waals surface area contributed by atoms with Gasteiger partial charge in [-0.05, 0) is 55.3 Å². The first-order valence-corrected chi connectivity index (χ1v) is 7.78. The van der Waals surface area contributed by atoms with Crippen LogP contribution in [0.2, 0.25) is 0 Å². The maximum Gasteiger partial charge on any atom is 0.127 e. The summed E-state index contributed by atoms with van der Waals surface area (Å²) in [6.07, 6.45) is 3.60. The standard InChI is InChI=1S/C17H22N2O2.2ClH/c1-20-15-2-3-17-14(7-15)6-12(11-21-17)10-19-5-4-13-8-18-9-16(13)19;;/h2-3,6-7,13,16,18H,4-5,8-11H2,1H3;2*1H/t13-,16+;;/m0../s1. The van der Waals surface area contributed by atoms with Gasteiger partial charge in [0.25, 0.3) is 0 Å². The number of benzene rings is 1. The summed E-state index contributed by atoms with van der Waals surface area (Å²) in [4.78, 5) is 2.62. The summed E-state index contributed by atoms with van der Waals surface area (Å²) < 4.78 is 11.2. The minimum Gasteiger partial charge on any atom is -0.497 e. The Hall–Kier alpha value is -0.940. The summed E-state index contributed by atoms with van der Waals surface area (Å²) in [5, 5.41) is 3.51. The molecule has 3 heterocycles. The molecule has 0 saturated carbocycles. The summed E-state index contributed by atoms with van der Waals surface area (Å²) in [7, 11) is 1.70. The molecule has 23 heavy (non-hydrogen) atoms. The number of fused-ring (bicyclic) bond motifs is 2. The number of nitrogens with zero attached hydrogens (tertiary/aromatic N) is 1. The van der Waals surface area contributed by atoms with Crippen LogP contribution in [0.5, 0.6) is 11.5 Å². The fraction of sp³-hybridized carbons (Fsp3) is 0.529. The van der Waals surface area contributed by atoms with E-state index >= 15 is 0 Å². The average molecular weight is 359 g/mol. The van der Waals surface area contributed by atoms with Gasteiger partial charge in [-0.2, -0.15) is 0 Å². The number of hydrogen-bond donors (Lipinski definition) is 1. The number of rotatable bonds is 3. The van der Waals surface area contributed by atoms with Gasteiger partial charge in [-0.1, -0.05) is 0 Å². The Morgan fingerprint density at radius 2 is 2.17 bits per heavy atom. The lowest BCUT2D eigenvalue weighted by molar-refractivity contribution is 0.255. The van der Waals surface area contributed by atoms with Crippen molar-refractivity contribution in [2.45, 2.75) is 12.5 Å². The van der Waals surface area contributed by atoms with Crippen LogP contribution in [-0.2, 0) is 0 Å². The molecular weight excluding hydrogens is 335 g/mol. The van der Waals surface area contributed by atoms with Crippen LogP contribution in [0.25, 0.3) is 6.08 Å². The maximum absolute atomic E-state index is 5.89. The van der Waals surface area contributed by atoms with Crippen LogP contribution in [0.1, 0.15) is 12.0 Å². The molecule has 4 rings (SSSR count). The maximum atomic E-state index is 5.89. The average Bonchev–Trinajstić information content (AvgIpc) is 3.11. The van der Waals surface area contributed by atoms with E-state index in [0.717, 1.165) is 42.1 Å². The number of nitrogens with one attached hydrogen (secondary N) is 1. The molecule has 1 aromatic carbocycles. The van der Waals surface area contributed by atoms with E-state index in [2.05, 4.69) is 22.4 Å². The summed E-state index contributed by atoms with van der Waals surface area (Å²) in [5.41, 5.74) is 2.50. The molecule has 0 unspecified atom stereocenters. The highest BCUT2D eigenvalue weighted by Crippen LogP contribution is 2.32. The molecule has 0 aliphatic carbocycles. The fourth-order valence-electron chi connectivity index (χ4n) is 3.82. The third kappa shape index (κ3) is 3.61. The van der Waals surface area contributed by atoms with Crippen molar-refractivity contribution in [1.29, 1.82) is 0 Å². The van der Waals surface area contributed by atoms with Crippen LogP contribution < -0.4 is 14.8 Å². The predicted molar refractivity (Wildman–Crippen MR) is 97.3 cm³/mol. The Balaban J connectivity index is 0.000000960. The first-order valence-electron chi connectivity index (χ1n) is 7.78. The molecule has 2 saturated heterocycles. The number of hydrogen-bond acceptors (Lipinski definition) is 4. The largest absolute Gasteiger partial charge is 0.497 e. The molecule has 0 radical (unpaired) electrons. The zero-order chi connectivity index (χ0) is 14.2. The van der Waals surface area contributed by atoms with E-state index in [-0.39, 0.29) is 24.8 Å². The van der Waals surface area contributed by atoms with E-state index in [0.29, 0.717) is 6.61 Å². The van der Waals surface area contributed by atoms with Gasteiger partial charge in [0.2, 0.25) is 0 Å². The van der Waals surface area contributed by atoms with Gasteiger partial charge in [-0.15, -0.1) is 24.8 Å². The quantitative estimate of drug-likeness (QED) is 0.900. The summed E-state index contributed by atoms with van der Waals surface area (Å²) in [5.74, 6) is 2.69. The van der Waals surface area contributed by atoms with Crippen molar-refractivity contribution in [1.82, 2.24) is 10.2 Å². The van der Waals surface area contributed by atoms with Crippen molar-refractivity contribution in [3.8, 4) is 11.5 Å². The minimum atomic E-state index is 0. The molecule has 3 aliphatic heterocycles. The zero-order valence-electron chi connectivity index (χ0n) is 13.3. The van der Waals surface area contributed by atoms with E-state index in [1.54, 1.807) is 7.11 Å². The molecule has 0 bridgehead atoms. The van der Waals surface area contributed by atoms with Gasteiger partial charge in [-0.3, -0.25) is 4.90 Å². The normalized spacial score (nSPS) is 25.3. The number of ether oxygens (including phenoxy) is 2.